The third-order valence-corrected chi connectivity index (χ3v) is 2.70. The van der Waals surface area contributed by atoms with Gasteiger partial charge < -0.3 is 15.8 Å². The van der Waals surface area contributed by atoms with Crippen LogP contribution in [0.4, 0.5) is 0 Å². The van der Waals surface area contributed by atoms with Gasteiger partial charge >= 0.3 is 0 Å². The van der Waals surface area contributed by atoms with Crippen LogP contribution in [0, 0.1) is 0 Å². The van der Waals surface area contributed by atoms with Gasteiger partial charge in [-0.05, 0) is 25.8 Å². The molecule has 100 valence electrons. The smallest absolute Gasteiger partial charge is 0.224 e. The Balaban J connectivity index is 2.35. The second-order valence-corrected chi connectivity index (χ2v) is 4.46. The Kier molecular flexibility index (Phi) is 6.22. The monoisotopic (exact) mass is 250 g/mol. The van der Waals surface area contributed by atoms with E-state index in [9.17, 15) is 4.79 Å². The minimum Gasteiger partial charge on any atom is -0.496 e. The number of nitrogens with two attached hydrogens (primary N) is 1. The van der Waals surface area contributed by atoms with E-state index >= 15 is 0 Å². The lowest BCUT2D eigenvalue weighted by molar-refractivity contribution is -0.120. The van der Waals surface area contributed by atoms with Gasteiger partial charge in [-0.15, -0.1) is 0 Å². The Morgan fingerprint density at radius 1 is 1.44 bits per heavy atom. The first-order valence-corrected chi connectivity index (χ1v) is 6.27. The quantitative estimate of drug-likeness (QED) is 0.720. The zero-order valence-electron chi connectivity index (χ0n) is 11.1. The lowest BCUT2D eigenvalue weighted by Crippen LogP contribution is -2.27. The van der Waals surface area contributed by atoms with Crippen LogP contribution in [0.25, 0.3) is 0 Å². The molecule has 0 bridgehead atoms. The predicted octanol–water partition coefficient (Wildman–Crippen LogP) is 1.48. The van der Waals surface area contributed by atoms with Gasteiger partial charge in [-0.25, -0.2) is 0 Å². The molecule has 4 heteroatoms. The summed E-state index contributed by atoms with van der Waals surface area (Å²) in [4.78, 5) is 11.7. The Hall–Kier alpha value is -1.55. The molecule has 0 aliphatic rings. The standard InChI is InChI=1S/C14H22N2O2/c1-11(15)6-5-9-16-14(17)10-12-7-3-4-8-13(12)18-2/h3-4,7-8,11H,5-6,9-10,15H2,1-2H3,(H,16,17). The van der Waals surface area contributed by atoms with Crippen LogP contribution in [0.15, 0.2) is 24.3 Å². The van der Waals surface area contributed by atoms with E-state index in [0.717, 1.165) is 24.2 Å². The molecule has 0 radical (unpaired) electrons. The summed E-state index contributed by atoms with van der Waals surface area (Å²) in [5.41, 5.74) is 6.55. The number of nitrogens with one attached hydrogen (secondary N) is 1. The van der Waals surface area contributed by atoms with Crippen molar-refractivity contribution in [2.45, 2.75) is 32.2 Å². The van der Waals surface area contributed by atoms with E-state index in [0.29, 0.717) is 13.0 Å². The fraction of sp³-hybridized carbons (Fsp3) is 0.500. The van der Waals surface area contributed by atoms with Crippen LogP contribution in [0.1, 0.15) is 25.3 Å². The van der Waals surface area contributed by atoms with E-state index in [1.807, 2.05) is 31.2 Å². The van der Waals surface area contributed by atoms with Crippen molar-refractivity contribution in [3.05, 3.63) is 29.8 Å². The van der Waals surface area contributed by atoms with Crippen molar-refractivity contribution in [3.8, 4) is 5.75 Å². The normalized spacial score (nSPS) is 11.9. The molecule has 0 heterocycles. The Morgan fingerprint density at radius 2 is 2.17 bits per heavy atom. The highest BCUT2D eigenvalue weighted by atomic mass is 16.5. The lowest BCUT2D eigenvalue weighted by atomic mass is 10.1. The molecule has 18 heavy (non-hydrogen) atoms. The molecule has 3 N–H and O–H groups in total. The van der Waals surface area contributed by atoms with Crippen LogP contribution in [-0.4, -0.2) is 25.6 Å². The number of ether oxygens (including phenoxy) is 1. The third-order valence-electron chi connectivity index (χ3n) is 2.70. The largest absolute Gasteiger partial charge is 0.496 e. The number of para-hydroxylation sites is 1. The van der Waals surface area contributed by atoms with Crippen LogP contribution < -0.4 is 15.8 Å². The highest BCUT2D eigenvalue weighted by molar-refractivity contribution is 5.79. The highest BCUT2D eigenvalue weighted by Gasteiger charge is 2.07. The molecular formula is C14H22N2O2. The van der Waals surface area contributed by atoms with E-state index < -0.39 is 0 Å². The average molecular weight is 250 g/mol. The molecule has 0 aliphatic heterocycles. The van der Waals surface area contributed by atoms with Crippen molar-refractivity contribution in [2.24, 2.45) is 5.73 Å². The molecule has 0 fully saturated rings. The molecule has 0 saturated carbocycles. The van der Waals surface area contributed by atoms with Gasteiger partial charge in [0.2, 0.25) is 5.91 Å². The van der Waals surface area contributed by atoms with E-state index in [1.54, 1.807) is 7.11 Å². The molecule has 0 spiro atoms. The highest BCUT2D eigenvalue weighted by Crippen LogP contribution is 2.17. The molecule has 1 rings (SSSR count). The van der Waals surface area contributed by atoms with Gasteiger partial charge in [0.15, 0.2) is 0 Å². The van der Waals surface area contributed by atoms with Gasteiger partial charge in [0.1, 0.15) is 5.75 Å². The summed E-state index contributed by atoms with van der Waals surface area (Å²) in [5, 5.41) is 2.89. The number of carbonyl (C=O) groups excluding carboxylic acids is 1. The van der Waals surface area contributed by atoms with Crippen molar-refractivity contribution in [1.29, 1.82) is 0 Å². The number of methoxy groups -OCH3 is 1. The predicted molar refractivity (Wildman–Crippen MR) is 72.6 cm³/mol. The molecule has 0 saturated heterocycles. The van der Waals surface area contributed by atoms with Gasteiger partial charge in [0.25, 0.3) is 0 Å². The molecule has 1 unspecified atom stereocenters. The lowest BCUT2D eigenvalue weighted by Gasteiger charge is -2.09. The summed E-state index contributed by atoms with van der Waals surface area (Å²) in [6, 6.07) is 7.75. The summed E-state index contributed by atoms with van der Waals surface area (Å²) in [6.07, 6.45) is 2.19. The van der Waals surface area contributed by atoms with E-state index in [2.05, 4.69) is 5.32 Å². The number of carbonyl (C=O) groups is 1. The zero-order valence-corrected chi connectivity index (χ0v) is 11.1. The second kappa shape index (κ2) is 7.71. The Labute approximate surface area is 109 Å². The fourth-order valence-electron chi connectivity index (χ4n) is 1.74. The maximum Gasteiger partial charge on any atom is 0.224 e. The van der Waals surface area contributed by atoms with Gasteiger partial charge in [0, 0.05) is 18.2 Å². The average Bonchev–Trinajstić information content (AvgIpc) is 2.35. The van der Waals surface area contributed by atoms with Gasteiger partial charge in [0.05, 0.1) is 13.5 Å². The van der Waals surface area contributed by atoms with Crippen LogP contribution >= 0.6 is 0 Å². The van der Waals surface area contributed by atoms with Crippen LogP contribution in [0.3, 0.4) is 0 Å². The fourth-order valence-corrected chi connectivity index (χ4v) is 1.74. The summed E-state index contributed by atoms with van der Waals surface area (Å²) in [5.74, 6) is 0.771. The number of hydrogen-bond donors (Lipinski definition) is 2. The molecule has 1 aromatic rings. The summed E-state index contributed by atoms with van der Waals surface area (Å²) < 4.78 is 5.21. The van der Waals surface area contributed by atoms with Crippen molar-refractivity contribution in [1.82, 2.24) is 5.32 Å². The molecular weight excluding hydrogens is 228 g/mol. The molecule has 0 aliphatic carbocycles. The number of hydrogen-bond acceptors (Lipinski definition) is 3. The van der Waals surface area contributed by atoms with Crippen molar-refractivity contribution < 1.29 is 9.53 Å². The second-order valence-electron chi connectivity index (χ2n) is 4.46. The SMILES string of the molecule is COc1ccccc1CC(=O)NCCCC(C)N. The summed E-state index contributed by atoms with van der Waals surface area (Å²) in [7, 11) is 1.61. The first-order valence-electron chi connectivity index (χ1n) is 6.27. The van der Waals surface area contributed by atoms with Crippen molar-refractivity contribution in [2.75, 3.05) is 13.7 Å². The molecule has 1 aromatic carbocycles. The van der Waals surface area contributed by atoms with Gasteiger partial charge in [-0.2, -0.15) is 0 Å². The molecule has 1 amide bonds. The third kappa shape index (κ3) is 5.19. The van der Waals surface area contributed by atoms with Crippen molar-refractivity contribution in [3.63, 3.8) is 0 Å². The first-order chi connectivity index (χ1) is 8.63. The topological polar surface area (TPSA) is 64.3 Å². The number of benzene rings is 1. The number of amides is 1. The minimum atomic E-state index is 0.0178. The minimum absolute atomic E-state index is 0.0178. The van der Waals surface area contributed by atoms with E-state index in [-0.39, 0.29) is 11.9 Å². The first kappa shape index (κ1) is 14.5. The molecule has 4 nitrogen and oxygen atoms in total. The number of rotatable bonds is 7. The van der Waals surface area contributed by atoms with Crippen molar-refractivity contribution >= 4 is 5.91 Å². The Bertz CT molecular complexity index is 378. The van der Waals surface area contributed by atoms with Crippen LogP contribution in [0.2, 0.25) is 0 Å². The van der Waals surface area contributed by atoms with Crippen LogP contribution in [0.5, 0.6) is 5.75 Å². The molecule has 1 atom stereocenters. The summed E-state index contributed by atoms with van der Waals surface area (Å²) in [6.45, 7) is 2.65. The zero-order chi connectivity index (χ0) is 13.4. The maximum absolute atomic E-state index is 11.7. The maximum atomic E-state index is 11.7. The van der Waals surface area contributed by atoms with E-state index in [1.165, 1.54) is 0 Å². The Morgan fingerprint density at radius 3 is 2.83 bits per heavy atom. The van der Waals surface area contributed by atoms with Crippen LogP contribution in [-0.2, 0) is 11.2 Å². The van der Waals surface area contributed by atoms with Gasteiger partial charge in [-0.3, -0.25) is 4.79 Å². The van der Waals surface area contributed by atoms with Gasteiger partial charge in [-0.1, -0.05) is 18.2 Å². The molecule has 0 aromatic heterocycles. The summed E-state index contributed by atoms with van der Waals surface area (Å²) >= 11 is 0. The van der Waals surface area contributed by atoms with E-state index in [4.69, 9.17) is 10.5 Å².